The zero-order chi connectivity index (χ0) is 12.3. The van der Waals surface area contributed by atoms with Gasteiger partial charge in [-0.25, -0.2) is 0 Å². The van der Waals surface area contributed by atoms with E-state index in [0.717, 1.165) is 15.7 Å². The maximum Gasteiger partial charge on any atom is 0.0646 e. The van der Waals surface area contributed by atoms with Gasteiger partial charge in [-0.05, 0) is 35.9 Å². The zero-order valence-corrected chi connectivity index (χ0v) is 11.3. The van der Waals surface area contributed by atoms with Crippen LogP contribution in [0.15, 0.2) is 47.4 Å². The van der Waals surface area contributed by atoms with Crippen LogP contribution in [0, 0.1) is 0 Å². The molecule has 0 spiro atoms. The topological polar surface area (TPSA) is 26.0 Å². The van der Waals surface area contributed by atoms with E-state index in [0.29, 0.717) is 10.7 Å². The first kappa shape index (κ1) is 12.6. The Balaban J connectivity index is 2.02. The van der Waals surface area contributed by atoms with E-state index in [2.05, 4.69) is 0 Å². The van der Waals surface area contributed by atoms with Crippen LogP contribution in [-0.2, 0) is 5.75 Å². The molecule has 0 aliphatic heterocycles. The van der Waals surface area contributed by atoms with E-state index < -0.39 is 0 Å². The van der Waals surface area contributed by atoms with Crippen molar-refractivity contribution < 1.29 is 0 Å². The highest BCUT2D eigenvalue weighted by atomic mass is 35.5. The van der Waals surface area contributed by atoms with Gasteiger partial charge < -0.3 is 5.73 Å². The molecule has 0 amide bonds. The van der Waals surface area contributed by atoms with Crippen molar-refractivity contribution in [1.29, 1.82) is 0 Å². The standard InChI is InChI=1S/C13H11Cl2NS/c14-10-3-1-9(2-4-10)8-17-11-5-6-13(16)12(15)7-11/h1-7H,8,16H2. The smallest absolute Gasteiger partial charge is 0.0646 e. The molecule has 2 rings (SSSR count). The molecule has 17 heavy (non-hydrogen) atoms. The Morgan fingerprint density at radius 2 is 1.71 bits per heavy atom. The normalized spacial score (nSPS) is 10.5. The molecule has 2 aromatic carbocycles. The maximum absolute atomic E-state index is 5.96. The number of nitrogen functional groups attached to an aromatic ring is 1. The number of nitrogens with two attached hydrogens (primary N) is 1. The molecular formula is C13H11Cl2NS. The lowest BCUT2D eigenvalue weighted by molar-refractivity contribution is 1.38. The van der Waals surface area contributed by atoms with Gasteiger partial charge in [0, 0.05) is 15.7 Å². The highest BCUT2D eigenvalue weighted by Gasteiger charge is 2.00. The summed E-state index contributed by atoms with van der Waals surface area (Å²) >= 11 is 13.5. The number of anilines is 1. The quantitative estimate of drug-likeness (QED) is 0.643. The minimum Gasteiger partial charge on any atom is -0.398 e. The number of hydrogen-bond donors (Lipinski definition) is 1. The van der Waals surface area contributed by atoms with Crippen LogP contribution in [0.2, 0.25) is 10.0 Å². The van der Waals surface area contributed by atoms with Gasteiger partial charge in [0.05, 0.1) is 10.7 Å². The largest absolute Gasteiger partial charge is 0.398 e. The second-order valence-corrected chi connectivity index (χ2v) is 5.49. The molecule has 0 bridgehead atoms. The summed E-state index contributed by atoms with van der Waals surface area (Å²) in [4.78, 5) is 1.11. The zero-order valence-electron chi connectivity index (χ0n) is 8.99. The fourth-order valence-electron chi connectivity index (χ4n) is 1.34. The van der Waals surface area contributed by atoms with Crippen molar-refractivity contribution in [2.75, 3.05) is 5.73 Å². The predicted octanol–water partition coefficient (Wildman–Crippen LogP) is 4.87. The fourth-order valence-corrected chi connectivity index (χ4v) is 2.61. The molecule has 0 atom stereocenters. The van der Waals surface area contributed by atoms with Gasteiger partial charge in [0.25, 0.3) is 0 Å². The van der Waals surface area contributed by atoms with Gasteiger partial charge in [-0.15, -0.1) is 11.8 Å². The summed E-state index contributed by atoms with van der Waals surface area (Å²) in [5, 5.41) is 1.36. The van der Waals surface area contributed by atoms with Crippen molar-refractivity contribution in [3.05, 3.63) is 58.1 Å². The Hall–Kier alpha value is -0.830. The molecule has 0 heterocycles. The fraction of sp³-hybridized carbons (Fsp3) is 0.0769. The highest BCUT2D eigenvalue weighted by Crippen LogP contribution is 2.28. The molecule has 0 aliphatic carbocycles. The van der Waals surface area contributed by atoms with Crippen LogP contribution in [0.25, 0.3) is 0 Å². The van der Waals surface area contributed by atoms with Gasteiger partial charge in [0.15, 0.2) is 0 Å². The maximum atomic E-state index is 5.96. The number of hydrogen-bond acceptors (Lipinski definition) is 2. The van der Waals surface area contributed by atoms with Crippen molar-refractivity contribution in [2.45, 2.75) is 10.6 Å². The Morgan fingerprint density at radius 1 is 1.00 bits per heavy atom. The monoisotopic (exact) mass is 283 g/mol. The Kier molecular flexibility index (Phi) is 4.21. The molecule has 0 aliphatic rings. The number of thioether (sulfide) groups is 1. The first-order valence-corrected chi connectivity index (χ1v) is 6.81. The van der Waals surface area contributed by atoms with Gasteiger partial charge in [-0.1, -0.05) is 35.3 Å². The molecule has 0 saturated carbocycles. The van der Waals surface area contributed by atoms with Crippen LogP contribution >= 0.6 is 35.0 Å². The molecule has 1 nitrogen and oxygen atoms in total. The number of benzene rings is 2. The lowest BCUT2D eigenvalue weighted by Crippen LogP contribution is -1.86. The Bertz CT molecular complexity index is 511. The van der Waals surface area contributed by atoms with Gasteiger partial charge in [0.1, 0.15) is 0 Å². The molecule has 0 saturated heterocycles. The summed E-state index contributed by atoms with van der Waals surface area (Å²) in [7, 11) is 0. The van der Waals surface area contributed by atoms with Crippen molar-refractivity contribution >= 4 is 40.7 Å². The minimum absolute atomic E-state index is 0.603. The summed E-state index contributed by atoms with van der Waals surface area (Å²) < 4.78 is 0. The summed E-state index contributed by atoms with van der Waals surface area (Å²) in [6.07, 6.45) is 0. The van der Waals surface area contributed by atoms with Gasteiger partial charge in [-0.2, -0.15) is 0 Å². The second kappa shape index (κ2) is 5.67. The van der Waals surface area contributed by atoms with Gasteiger partial charge >= 0.3 is 0 Å². The highest BCUT2D eigenvalue weighted by molar-refractivity contribution is 7.98. The molecule has 2 N–H and O–H groups in total. The van der Waals surface area contributed by atoms with E-state index in [9.17, 15) is 0 Å². The average Bonchev–Trinajstić information content (AvgIpc) is 2.33. The number of halogens is 2. The van der Waals surface area contributed by atoms with E-state index in [1.165, 1.54) is 5.56 Å². The Labute approximate surface area is 115 Å². The lowest BCUT2D eigenvalue weighted by Gasteiger charge is -2.04. The third-order valence-electron chi connectivity index (χ3n) is 2.29. The third kappa shape index (κ3) is 3.56. The van der Waals surface area contributed by atoms with E-state index in [-0.39, 0.29) is 0 Å². The summed E-state index contributed by atoms with van der Waals surface area (Å²) in [6.45, 7) is 0. The molecular weight excluding hydrogens is 273 g/mol. The minimum atomic E-state index is 0.603. The number of rotatable bonds is 3. The SMILES string of the molecule is Nc1ccc(SCc2ccc(Cl)cc2)cc1Cl. The molecule has 0 fully saturated rings. The van der Waals surface area contributed by atoms with Crippen LogP contribution < -0.4 is 5.73 Å². The third-order valence-corrected chi connectivity index (χ3v) is 3.93. The summed E-state index contributed by atoms with van der Waals surface area (Å²) in [5.74, 6) is 0.886. The van der Waals surface area contributed by atoms with Crippen molar-refractivity contribution in [1.82, 2.24) is 0 Å². The molecule has 2 aromatic rings. The second-order valence-electron chi connectivity index (χ2n) is 3.60. The van der Waals surface area contributed by atoms with Crippen LogP contribution in [0.1, 0.15) is 5.56 Å². The summed E-state index contributed by atoms with van der Waals surface area (Å²) in [6, 6.07) is 13.5. The molecule has 0 aromatic heterocycles. The molecule has 0 unspecified atom stereocenters. The lowest BCUT2D eigenvalue weighted by atomic mass is 10.2. The van der Waals surface area contributed by atoms with Crippen molar-refractivity contribution in [3.8, 4) is 0 Å². The van der Waals surface area contributed by atoms with Gasteiger partial charge in [0.2, 0.25) is 0 Å². The van der Waals surface area contributed by atoms with E-state index in [4.69, 9.17) is 28.9 Å². The average molecular weight is 284 g/mol. The predicted molar refractivity (Wildman–Crippen MR) is 76.9 cm³/mol. The van der Waals surface area contributed by atoms with Crippen molar-refractivity contribution in [2.24, 2.45) is 0 Å². The first-order chi connectivity index (χ1) is 8.15. The Morgan fingerprint density at radius 3 is 2.35 bits per heavy atom. The van der Waals surface area contributed by atoms with Crippen LogP contribution in [0.4, 0.5) is 5.69 Å². The van der Waals surface area contributed by atoms with E-state index in [1.807, 2.05) is 42.5 Å². The van der Waals surface area contributed by atoms with E-state index >= 15 is 0 Å². The van der Waals surface area contributed by atoms with Crippen LogP contribution in [0.3, 0.4) is 0 Å². The van der Waals surface area contributed by atoms with Crippen molar-refractivity contribution in [3.63, 3.8) is 0 Å². The van der Waals surface area contributed by atoms with E-state index in [1.54, 1.807) is 11.8 Å². The van der Waals surface area contributed by atoms with Crippen LogP contribution in [-0.4, -0.2) is 0 Å². The van der Waals surface area contributed by atoms with Crippen LogP contribution in [0.5, 0.6) is 0 Å². The molecule has 0 radical (unpaired) electrons. The molecule has 4 heteroatoms. The van der Waals surface area contributed by atoms with Gasteiger partial charge in [-0.3, -0.25) is 0 Å². The first-order valence-electron chi connectivity index (χ1n) is 5.07. The summed E-state index contributed by atoms with van der Waals surface area (Å²) in [5.41, 5.74) is 7.50. The molecule has 88 valence electrons.